The molecular formula is C16H13F3N2O3S. The first-order valence-electron chi connectivity index (χ1n) is 7.20. The van der Waals surface area contributed by atoms with E-state index in [-0.39, 0.29) is 17.9 Å². The van der Waals surface area contributed by atoms with Crippen LogP contribution in [-0.4, -0.2) is 35.0 Å². The summed E-state index contributed by atoms with van der Waals surface area (Å²) in [5, 5.41) is 15.8. The van der Waals surface area contributed by atoms with Gasteiger partial charge in [-0.05, 0) is 29.6 Å². The molecule has 2 aromatic rings. The van der Waals surface area contributed by atoms with Crippen molar-refractivity contribution >= 4 is 23.0 Å². The van der Waals surface area contributed by atoms with Gasteiger partial charge in [0.2, 0.25) is 0 Å². The summed E-state index contributed by atoms with van der Waals surface area (Å²) in [5.41, 5.74) is 0.794. The van der Waals surface area contributed by atoms with Crippen LogP contribution in [0, 0.1) is 0 Å². The lowest BCUT2D eigenvalue weighted by Gasteiger charge is -2.21. The molecule has 0 spiro atoms. The summed E-state index contributed by atoms with van der Waals surface area (Å²) >= 11 is 1.26. The molecule has 1 N–H and O–H groups in total. The Morgan fingerprint density at radius 1 is 1.40 bits per heavy atom. The highest BCUT2D eigenvalue weighted by molar-refractivity contribution is 7.10. The van der Waals surface area contributed by atoms with E-state index in [0.717, 1.165) is 0 Å². The number of benzene rings is 1. The van der Waals surface area contributed by atoms with Gasteiger partial charge in [0.25, 0.3) is 0 Å². The normalized spacial score (nSPS) is 17.5. The van der Waals surface area contributed by atoms with Crippen LogP contribution in [0.5, 0.6) is 11.5 Å². The van der Waals surface area contributed by atoms with Crippen LogP contribution in [-0.2, 0) is 4.79 Å². The zero-order valence-corrected chi connectivity index (χ0v) is 13.8. The number of methoxy groups -OCH3 is 1. The summed E-state index contributed by atoms with van der Waals surface area (Å²) in [6.07, 6.45) is -4.88. The largest absolute Gasteiger partial charge is 0.504 e. The van der Waals surface area contributed by atoms with Crippen molar-refractivity contribution < 1.29 is 27.8 Å². The van der Waals surface area contributed by atoms with Crippen LogP contribution in [0.4, 0.5) is 13.2 Å². The SMILES string of the molecule is COc1cc(C2=NN(C(=O)C(F)(F)F)[C@H](c3cccs3)C2)ccc1O. The second-order valence-corrected chi connectivity index (χ2v) is 6.30. The van der Waals surface area contributed by atoms with Crippen LogP contribution in [0.3, 0.4) is 0 Å². The van der Waals surface area contributed by atoms with Gasteiger partial charge in [-0.2, -0.15) is 18.3 Å². The van der Waals surface area contributed by atoms with Gasteiger partial charge in [-0.3, -0.25) is 4.79 Å². The summed E-state index contributed by atoms with van der Waals surface area (Å²) in [6.45, 7) is 0. The number of carbonyl (C=O) groups is 1. The third-order valence-corrected chi connectivity index (χ3v) is 4.72. The van der Waals surface area contributed by atoms with Gasteiger partial charge in [0.05, 0.1) is 18.9 Å². The number of carbonyl (C=O) groups excluding carboxylic acids is 1. The first-order chi connectivity index (χ1) is 11.8. The van der Waals surface area contributed by atoms with E-state index in [2.05, 4.69) is 5.10 Å². The predicted molar refractivity (Wildman–Crippen MR) is 85.8 cm³/mol. The maximum Gasteiger partial charge on any atom is 0.473 e. The summed E-state index contributed by atoms with van der Waals surface area (Å²) < 4.78 is 43.7. The smallest absolute Gasteiger partial charge is 0.473 e. The maximum absolute atomic E-state index is 12.9. The number of thiophene rings is 1. The Morgan fingerprint density at radius 3 is 2.76 bits per heavy atom. The minimum Gasteiger partial charge on any atom is -0.504 e. The number of hydrogen-bond acceptors (Lipinski definition) is 5. The number of rotatable bonds is 3. The van der Waals surface area contributed by atoms with Gasteiger partial charge in [-0.1, -0.05) is 6.07 Å². The quantitative estimate of drug-likeness (QED) is 0.896. The molecule has 1 atom stereocenters. The van der Waals surface area contributed by atoms with E-state index in [1.807, 2.05) is 0 Å². The second kappa shape index (κ2) is 6.40. The number of phenolic OH excluding ortho intramolecular Hbond substituents is 1. The van der Waals surface area contributed by atoms with Crippen molar-refractivity contribution in [1.82, 2.24) is 5.01 Å². The highest BCUT2D eigenvalue weighted by Gasteiger charge is 2.47. The van der Waals surface area contributed by atoms with Crippen molar-refractivity contribution in [2.75, 3.05) is 7.11 Å². The molecule has 9 heteroatoms. The third-order valence-electron chi connectivity index (χ3n) is 3.75. The van der Waals surface area contributed by atoms with Gasteiger partial charge in [0, 0.05) is 16.9 Å². The molecule has 1 aromatic heterocycles. The molecule has 0 fully saturated rings. The Bertz CT molecular complexity index is 819. The van der Waals surface area contributed by atoms with Crippen molar-refractivity contribution in [1.29, 1.82) is 0 Å². The number of nitrogens with zero attached hydrogens (tertiary/aromatic N) is 2. The number of ether oxygens (including phenoxy) is 1. The Hall–Kier alpha value is -2.55. The first-order valence-corrected chi connectivity index (χ1v) is 8.08. The van der Waals surface area contributed by atoms with Crippen molar-refractivity contribution in [2.24, 2.45) is 5.10 Å². The van der Waals surface area contributed by atoms with Crippen molar-refractivity contribution in [2.45, 2.75) is 18.6 Å². The van der Waals surface area contributed by atoms with Crippen LogP contribution in [0.15, 0.2) is 40.8 Å². The molecule has 1 aliphatic rings. The van der Waals surface area contributed by atoms with Crippen LogP contribution < -0.4 is 4.74 Å². The van der Waals surface area contributed by atoms with Gasteiger partial charge in [0.15, 0.2) is 11.5 Å². The van der Waals surface area contributed by atoms with E-state index in [9.17, 15) is 23.1 Å². The molecule has 0 radical (unpaired) electrons. The van der Waals surface area contributed by atoms with E-state index in [4.69, 9.17) is 4.74 Å². The lowest BCUT2D eigenvalue weighted by atomic mass is 10.0. The molecular weight excluding hydrogens is 357 g/mol. The van der Waals surface area contributed by atoms with Gasteiger partial charge in [-0.15, -0.1) is 11.3 Å². The molecule has 1 aromatic carbocycles. The highest BCUT2D eigenvalue weighted by atomic mass is 32.1. The molecule has 2 heterocycles. The minimum absolute atomic E-state index is 0.0946. The monoisotopic (exact) mass is 370 g/mol. The third kappa shape index (κ3) is 3.32. The molecule has 132 valence electrons. The summed E-state index contributed by atoms with van der Waals surface area (Å²) in [5.74, 6) is -1.93. The number of halogens is 3. The van der Waals surface area contributed by atoms with Crippen LogP contribution in [0.1, 0.15) is 22.9 Å². The summed E-state index contributed by atoms with van der Waals surface area (Å²) in [4.78, 5) is 12.4. The van der Waals surface area contributed by atoms with Crippen LogP contribution in [0.2, 0.25) is 0 Å². The molecule has 0 unspecified atom stereocenters. The Morgan fingerprint density at radius 2 is 2.16 bits per heavy atom. The lowest BCUT2D eigenvalue weighted by Crippen LogP contribution is -2.37. The fourth-order valence-electron chi connectivity index (χ4n) is 2.56. The molecule has 1 amide bonds. The number of hydrogen-bond donors (Lipinski definition) is 1. The molecule has 0 saturated heterocycles. The Kier molecular flexibility index (Phi) is 4.42. The van der Waals surface area contributed by atoms with E-state index in [1.165, 1.54) is 36.6 Å². The fraction of sp³-hybridized carbons (Fsp3) is 0.250. The van der Waals surface area contributed by atoms with E-state index in [0.29, 0.717) is 21.2 Å². The van der Waals surface area contributed by atoms with E-state index in [1.54, 1.807) is 17.5 Å². The molecule has 3 rings (SSSR count). The predicted octanol–water partition coefficient (Wildman–Crippen LogP) is 3.70. The summed E-state index contributed by atoms with van der Waals surface area (Å²) in [6, 6.07) is 6.92. The topological polar surface area (TPSA) is 62.1 Å². The average molecular weight is 370 g/mol. The minimum atomic E-state index is -5.01. The molecule has 0 saturated carbocycles. The number of phenols is 1. The van der Waals surface area contributed by atoms with Gasteiger partial charge < -0.3 is 9.84 Å². The van der Waals surface area contributed by atoms with Crippen molar-refractivity contribution in [3.05, 3.63) is 46.2 Å². The summed E-state index contributed by atoms with van der Waals surface area (Å²) in [7, 11) is 1.36. The number of hydrazone groups is 1. The molecule has 0 bridgehead atoms. The van der Waals surface area contributed by atoms with E-state index < -0.39 is 18.1 Å². The number of aromatic hydroxyl groups is 1. The second-order valence-electron chi connectivity index (χ2n) is 5.32. The van der Waals surface area contributed by atoms with Gasteiger partial charge in [0.1, 0.15) is 0 Å². The van der Waals surface area contributed by atoms with Crippen LogP contribution >= 0.6 is 11.3 Å². The van der Waals surface area contributed by atoms with Crippen molar-refractivity contribution in [3.8, 4) is 11.5 Å². The maximum atomic E-state index is 12.9. The standard InChI is InChI=1S/C16H13F3N2O3S/c1-24-13-7-9(4-5-12(13)22)10-8-11(14-3-2-6-25-14)21(20-10)15(23)16(17,18)19/h2-7,11,22H,8H2,1H3/t11-/m0/s1. The van der Waals surface area contributed by atoms with Crippen molar-refractivity contribution in [3.63, 3.8) is 0 Å². The number of amides is 1. The molecule has 25 heavy (non-hydrogen) atoms. The average Bonchev–Trinajstić information content (AvgIpc) is 3.22. The first kappa shape index (κ1) is 17.3. The fourth-order valence-corrected chi connectivity index (χ4v) is 3.37. The molecule has 1 aliphatic heterocycles. The van der Waals surface area contributed by atoms with Gasteiger partial charge in [-0.25, -0.2) is 5.01 Å². The lowest BCUT2D eigenvalue weighted by molar-refractivity contribution is -0.187. The molecule has 5 nitrogen and oxygen atoms in total. The number of alkyl halides is 3. The highest BCUT2D eigenvalue weighted by Crippen LogP contribution is 2.38. The Labute approximate surface area is 145 Å². The van der Waals surface area contributed by atoms with Crippen LogP contribution in [0.25, 0.3) is 0 Å². The van der Waals surface area contributed by atoms with Gasteiger partial charge >= 0.3 is 12.1 Å². The Balaban J connectivity index is 1.99. The zero-order valence-electron chi connectivity index (χ0n) is 12.9. The zero-order chi connectivity index (χ0) is 18.2. The molecule has 0 aliphatic carbocycles. The van der Waals surface area contributed by atoms with E-state index >= 15 is 0 Å².